The molecule has 0 fully saturated rings. The number of hydrogen-bond acceptors (Lipinski definition) is 4. The van der Waals surface area contributed by atoms with Crippen LogP contribution in [0.5, 0.6) is 0 Å². The third-order valence-electron chi connectivity index (χ3n) is 6.55. The molecule has 10 heteroatoms. The summed E-state index contributed by atoms with van der Waals surface area (Å²) in [6.07, 6.45) is 1.12. The SMILES string of the molecule is Cc1c[c-]n(-c2cc(C(C)(C)C)cc(C(C)(C)c3cc(C(C)(C)C)cc(-n4[c-]cc(C(F)(F)F)n4)n3)n2)n1.[Pt+2]. The third-order valence-corrected chi connectivity index (χ3v) is 6.55. The van der Waals surface area contributed by atoms with Crippen molar-refractivity contribution in [1.82, 2.24) is 29.5 Å². The van der Waals surface area contributed by atoms with E-state index in [-0.39, 0.29) is 37.7 Å². The molecule has 6 nitrogen and oxygen atoms in total. The summed E-state index contributed by atoms with van der Waals surface area (Å²) in [5.74, 6) is 0.898. The molecule has 0 aliphatic heterocycles. The summed E-state index contributed by atoms with van der Waals surface area (Å²) in [7, 11) is 0. The predicted octanol–water partition coefficient (Wildman–Crippen LogP) is 6.69. The molecule has 4 rings (SSSR count). The van der Waals surface area contributed by atoms with Crippen molar-refractivity contribution in [3.63, 3.8) is 0 Å². The second kappa shape index (κ2) is 10.3. The van der Waals surface area contributed by atoms with Crippen LogP contribution in [0, 0.1) is 19.3 Å². The molecule has 0 atom stereocenters. The van der Waals surface area contributed by atoms with Crippen LogP contribution in [0.1, 0.15) is 89.3 Å². The Labute approximate surface area is 242 Å². The Bertz CT molecular complexity index is 1470. The molecule has 0 saturated carbocycles. The molecule has 0 aliphatic rings. The molecule has 210 valence electrons. The molecule has 39 heavy (non-hydrogen) atoms. The standard InChI is InChI=1S/C29H33F3N6.Pt/c1-18-10-12-37(35-18)24-16-19(26(2,3)4)14-22(33-24)28(8,9)23-15-20(27(5,6)7)17-25(34-23)38-13-11-21(36-38)29(30,31)32;/h10-11,14-17H,1-9H3;/q-2;+2. The van der Waals surface area contributed by atoms with Crippen molar-refractivity contribution in [2.45, 2.75) is 84.7 Å². The van der Waals surface area contributed by atoms with Gasteiger partial charge < -0.3 is 9.36 Å². The predicted molar refractivity (Wildman–Crippen MR) is 140 cm³/mol. The van der Waals surface area contributed by atoms with E-state index in [1.165, 1.54) is 0 Å². The Morgan fingerprint density at radius 3 is 1.44 bits per heavy atom. The van der Waals surface area contributed by atoms with Crippen molar-refractivity contribution >= 4 is 0 Å². The van der Waals surface area contributed by atoms with Crippen LogP contribution in [0.4, 0.5) is 13.2 Å². The average Bonchev–Trinajstić information content (AvgIpc) is 3.47. The van der Waals surface area contributed by atoms with E-state index in [1.54, 1.807) is 16.8 Å². The maximum atomic E-state index is 13.3. The van der Waals surface area contributed by atoms with Crippen LogP contribution in [0.15, 0.2) is 36.4 Å². The Hall–Kier alpha value is -2.80. The van der Waals surface area contributed by atoms with Crippen molar-refractivity contribution in [3.8, 4) is 11.6 Å². The minimum absolute atomic E-state index is 0. The van der Waals surface area contributed by atoms with E-state index in [2.05, 4.69) is 49.4 Å². The molecule has 0 N–H and O–H groups in total. The van der Waals surface area contributed by atoms with Gasteiger partial charge in [-0.1, -0.05) is 73.0 Å². The van der Waals surface area contributed by atoms with Crippen molar-refractivity contribution in [2.24, 2.45) is 0 Å². The zero-order valence-corrected chi connectivity index (χ0v) is 25.9. The summed E-state index contributed by atoms with van der Waals surface area (Å²) in [4.78, 5) is 9.75. The minimum atomic E-state index is -4.57. The Morgan fingerprint density at radius 1 is 0.641 bits per heavy atom. The molecule has 0 aliphatic carbocycles. The van der Waals surface area contributed by atoms with Crippen molar-refractivity contribution in [3.05, 3.63) is 82.7 Å². The fourth-order valence-electron chi connectivity index (χ4n) is 3.92. The van der Waals surface area contributed by atoms with E-state index < -0.39 is 17.3 Å². The van der Waals surface area contributed by atoms with Crippen LogP contribution in [-0.2, 0) is 43.5 Å². The molecule has 4 heterocycles. The maximum Gasteiger partial charge on any atom is 2.00 e. The quantitative estimate of drug-likeness (QED) is 0.221. The van der Waals surface area contributed by atoms with Gasteiger partial charge in [0.1, 0.15) is 0 Å². The van der Waals surface area contributed by atoms with Gasteiger partial charge in [0.05, 0.1) is 17.3 Å². The van der Waals surface area contributed by atoms with Gasteiger partial charge in [0, 0.05) is 16.8 Å². The van der Waals surface area contributed by atoms with Gasteiger partial charge in [-0.2, -0.15) is 13.2 Å². The Kier molecular flexibility index (Phi) is 8.12. The second-order valence-electron chi connectivity index (χ2n) is 12.2. The van der Waals surface area contributed by atoms with Gasteiger partial charge in [0.25, 0.3) is 0 Å². The number of aryl methyl sites for hydroxylation is 1. The van der Waals surface area contributed by atoms with E-state index in [1.807, 2.05) is 53.7 Å². The van der Waals surface area contributed by atoms with Crippen molar-refractivity contribution in [2.75, 3.05) is 0 Å². The zero-order chi connectivity index (χ0) is 28.3. The van der Waals surface area contributed by atoms with Gasteiger partial charge in [-0.15, -0.1) is 12.1 Å². The number of pyridine rings is 2. The molecule has 0 aromatic carbocycles. The number of rotatable bonds is 4. The van der Waals surface area contributed by atoms with Gasteiger partial charge >= 0.3 is 27.2 Å². The van der Waals surface area contributed by atoms with Crippen LogP contribution in [0.3, 0.4) is 0 Å². The minimum Gasteiger partial charge on any atom is -0.343 e. The summed E-state index contributed by atoms with van der Waals surface area (Å²) in [5.41, 5.74) is 2.01. The van der Waals surface area contributed by atoms with Crippen LogP contribution in [0.25, 0.3) is 11.6 Å². The van der Waals surface area contributed by atoms with Crippen LogP contribution >= 0.6 is 0 Å². The first kappa shape index (κ1) is 30.7. The molecule has 4 aromatic heterocycles. The Morgan fingerprint density at radius 2 is 1.08 bits per heavy atom. The smallest absolute Gasteiger partial charge is 0.343 e. The summed E-state index contributed by atoms with van der Waals surface area (Å²) in [6, 6.07) is 10.4. The van der Waals surface area contributed by atoms with Gasteiger partial charge in [0.2, 0.25) is 0 Å². The summed E-state index contributed by atoms with van der Waals surface area (Å²) in [5, 5.41) is 8.21. The fourth-order valence-corrected chi connectivity index (χ4v) is 3.92. The number of nitrogens with zero attached hydrogens (tertiary/aromatic N) is 6. The second-order valence-corrected chi connectivity index (χ2v) is 12.2. The summed E-state index contributed by atoms with van der Waals surface area (Å²) >= 11 is 0. The van der Waals surface area contributed by atoms with Crippen LogP contribution < -0.4 is 0 Å². The van der Waals surface area contributed by atoms with Gasteiger partial charge in [0.15, 0.2) is 0 Å². The first-order chi connectivity index (χ1) is 17.4. The van der Waals surface area contributed by atoms with E-state index >= 15 is 0 Å². The van der Waals surface area contributed by atoms with Gasteiger partial charge in [-0.25, -0.2) is 0 Å². The number of hydrogen-bond donors (Lipinski definition) is 0. The Balaban J connectivity index is 0.00000420. The maximum absolute atomic E-state index is 13.3. The summed E-state index contributed by atoms with van der Waals surface area (Å²) < 4.78 is 42.5. The van der Waals surface area contributed by atoms with E-state index in [9.17, 15) is 13.2 Å². The number of aromatic nitrogens is 6. The molecule has 0 spiro atoms. The third kappa shape index (κ3) is 6.51. The van der Waals surface area contributed by atoms with Crippen molar-refractivity contribution in [1.29, 1.82) is 0 Å². The van der Waals surface area contributed by atoms with Gasteiger partial charge in [-0.05, 0) is 53.6 Å². The largest absolute Gasteiger partial charge is 2.00 e. The number of halogens is 3. The number of alkyl halides is 3. The van der Waals surface area contributed by atoms with Gasteiger partial charge in [-0.3, -0.25) is 20.2 Å². The molecule has 0 saturated heterocycles. The van der Waals surface area contributed by atoms with Crippen LogP contribution in [-0.4, -0.2) is 29.5 Å². The van der Waals surface area contributed by atoms with Crippen LogP contribution in [0.2, 0.25) is 0 Å². The molecule has 0 unspecified atom stereocenters. The van der Waals surface area contributed by atoms with Crippen molar-refractivity contribution < 1.29 is 34.2 Å². The molecule has 0 radical (unpaired) electrons. The first-order valence-corrected chi connectivity index (χ1v) is 12.4. The first-order valence-electron chi connectivity index (χ1n) is 12.4. The summed E-state index contributed by atoms with van der Waals surface area (Å²) in [6.45, 7) is 18.4. The van der Waals surface area contributed by atoms with E-state index in [0.29, 0.717) is 11.5 Å². The normalized spacial score (nSPS) is 12.9. The molecule has 0 bridgehead atoms. The topological polar surface area (TPSA) is 61.4 Å². The molecule has 4 aromatic rings. The fraction of sp³-hybridized carbons (Fsp3) is 0.448. The van der Waals surface area contributed by atoms with E-state index in [0.717, 1.165) is 33.3 Å². The monoisotopic (exact) mass is 717 g/mol. The zero-order valence-electron chi connectivity index (χ0n) is 23.6. The van der Waals surface area contributed by atoms with E-state index in [4.69, 9.17) is 9.97 Å². The molecular formula is C29H33F3N6Pt. The average molecular weight is 718 g/mol. The molecule has 0 amide bonds. The molecular weight excluding hydrogens is 684 g/mol.